The van der Waals surface area contributed by atoms with Gasteiger partial charge in [-0.2, -0.15) is 0 Å². The Balaban J connectivity index is 1.38. The Labute approximate surface area is 159 Å². The normalized spacial score (nSPS) is 25.6. The number of carboxylic acid groups (broad SMARTS) is 1. The third-order valence-corrected chi connectivity index (χ3v) is 6.18. The zero-order valence-electron chi connectivity index (χ0n) is 15.5. The fourth-order valence-corrected chi connectivity index (χ4v) is 4.64. The summed E-state index contributed by atoms with van der Waals surface area (Å²) in [6.07, 6.45) is 1.49. The second-order valence-electron chi connectivity index (χ2n) is 7.84. The molecule has 0 bridgehead atoms. The maximum absolute atomic E-state index is 11.8. The molecule has 0 aromatic heterocycles. The molecule has 0 saturated carbocycles. The highest BCUT2D eigenvalue weighted by atomic mass is 16.5. The van der Waals surface area contributed by atoms with Crippen molar-refractivity contribution in [3.8, 4) is 0 Å². The van der Waals surface area contributed by atoms with E-state index in [9.17, 15) is 14.7 Å². The number of nitrogens with zero attached hydrogens (tertiary/aromatic N) is 2. The lowest BCUT2D eigenvalue weighted by molar-refractivity contribution is -0.144. The van der Waals surface area contributed by atoms with Crippen LogP contribution in [0.2, 0.25) is 0 Å². The first kappa shape index (κ1) is 18.3. The Morgan fingerprint density at radius 3 is 2.67 bits per heavy atom. The Morgan fingerprint density at radius 2 is 1.96 bits per heavy atom. The number of amides is 1. The Morgan fingerprint density at radius 1 is 1.22 bits per heavy atom. The van der Waals surface area contributed by atoms with Crippen molar-refractivity contribution < 1.29 is 19.4 Å². The molecule has 27 heavy (non-hydrogen) atoms. The number of carboxylic acids is 1. The van der Waals surface area contributed by atoms with Gasteiger partial charge in [-0.05, 0) is 30.5 Å². The second-order valence-corrected chi connectivity index (χ2v) is 7.84. The van der Waals surface area contributed by atoms with E-state index in [1.54, 1.807) is 0 Å². The number of nitrogens with one attached hydrogen (secondary N) is 1. The van der Waals surface area contributed by atoms with Crippen molar-refractivity contribution in [3.63, 3.8) is 0 Å². The number of aliphatic carboxylic acids is 1. The van der Waals surface area contributed by atoms with Crippen molar-refractivity contribution in [1.82, 2.24) is 10.2 Å². The van der Waals surface area contributed by atoms with E-state index in [1.807, 2.05) is 0 Å². The van der Waals surface area contributed by atoms with Crippen LogP contribution in [0.5, 0.6) is 0 Å². The van der Waals surface area contributed by atoms with E-state index in [0.29, 0.717) is 12.8 Å². The molecule has 146 valence electrons. The van der Waals surface area contributed by atoms with E-state index < -0.39 is 17.4 Å². The largest absolute Gasteiger partial charge is 0.481 e. The van der Waals surface area contributed by atoms with Gasteiger partial charge in [0.05, 0.1) is 24.7 Å². The van der Waals surface area contributed by atoms with Crippen LogP contribution >= 0.6 is 0 Å². The third-order valence-electron chi connectivity index (χ3n) is 6.18. The predicted molar refractivity (Wildman–Crippen MR) is 101 cm³/mol. The molecule has 3 heterocycles. The molecule has 0 aliphatic carbocycles. The minimum Gasteiger partial charge on any atom is -0.481 e. The summed E-state index contributed by atoms with van der Waals surface area (Å²) in [5.41, 5.74) is 1.94. The maximum atomic E-state index is 11.8. The average Bonchev–Trinajstić information content (AvgIpc) is 3.01. The molecule has 3 fully saturated rings. The van der Waals surface area contributed by atoms with Crippen LogP contribution in [0.4, 0.5) is 5.69 Å². The first-order valence-electron chi connectivity index (χ1n) is 9.74. The number of carbonyl (C=O) groups excluding carboxylic acids is 1. The number of hydrogen-bond donors (Lipinski definition) is 2. The van der Waals surface area contributed by atoms with Crippen molar-refractivity contribution >= 4 is 17.6 Å². The lowest BCUT2D eigenvalue weighted by Crippen LogP contribution is -2.55. The molecule has 7 nitrogen and oxygen atoms in total. The Kier molecular flexibility index (Phi) is 5.06. The van der Waals surface area contributed by atoms with Crippen LogP contribution in [0.25, 0.3) is 0 Å². The van der Waals surface area contributed by atoms with Gasteiger partial charge >= 0.3 is 5.97 Å². The number of ether oxygens (including phenoxy) is 1. The predicted octanol–water partition coefficient (Wildman–Crippen LogP) is 1.08. The summed E-state index contributed by atoms with van der Waals surface area (Å²) in [5, 5.41) is 12.5. The van der Waals surface area contributed by atoms with Crippen LogP contribution in [-0.4, -0.2) is 66.8 Å². The van der Waals surface area contributed by atoms with Crippen molar-refractivity contribution in [2.24, 2.45) is 5.92 Å². The number of carbonyl (C=O) groups is 2. The van der Waals surface area contributed by atoms with E-state index in [0.717, 1.165) is 45.9 Å². The van der Waals surface area contributed by atoms with Crippen LogP contribution in [0.15, 0.2) is 24.3 Å². The summed E-state index contributed by atoms with van der Waals surface area (Å²) in [7, 11) is 0. The summed E-state index contributed by atoms with van der Waals surface area (Å²) in [6.45, 7) is 5.83. The molecule has 1 amide bonds. The fourth-order valence-electron chi connectivity index (χ4n) is 4.64. The van der Waals surface area contributed by atoms with Gasteiger partial charge in [-0.25, -0.2) is 0 Å². The number of likely N-dealkylation sites (tertiary alicyclic amines) is 1. The molecule has 1 aromatic rings. The zero-order chi connectivity index (χ0) is 18.9. The minimum atomic E-state index is -0.861. The van der Waals surface area contributed by atoms with Crippen LogP contribution in [0, 0.1) is 5.92 Å². The number of anilines is 1. The molecule has 1 spiro atoms. The summed E-state index contributed by atoms with van der Waals surface area (Å²) >= 11 is 0. The monoisotopic (exact) mass is 373 g/mol. The molecule has 1 atom stereocenters. The first-order valence-corrected chi connectivity index (χ1v) is 9.74. The van der Waals surface area contributed by atoms with Crippen molar-refractivity contribution in [2.45, 2.75) is 31.3 Å². The van der Waals surface area contributed by atoms with Gasteiger partial charge in [-0.15, -0.1) is 0 Å². The Hall–Kier alpha value is -2.12. The quantitative estimate of drug-likeness (QED) is 0.822. The summed E-state index contributed by atoms with van der Waals surface area (Å²) in [4.78, 5) is 28.1. The molecule has 3 aliphatic rings. The smallest absolute Gasteiger partial charge is 0.309 e. The topological polar surface area (TPSA) is 82.1 Å². The fraction of sp³-hybridized carbons (Fsp3) is 0.600. The Bertz CT molecular complexity index is 709. The number of morpholine rings is 1. The molecule has 7 heteroatoms. The van der Waals surface area contributed by atoms with Gasteiger partial charge in [0.25, 0.3) is 0 Å². The molecule has 1 aromatic carbocycles. The summed E-state index contributed by atoms with van der Waals surface area (Å²) < 4.78 is 5.43. The summed E-state index contributed by atoms with van der Waals surface area (Å²) in [5.74, 6) is -1.59. The molecular weight excluding hydrogens is 346 g/mol. The highest BCUT2D eigenvalue weighted by molar-refractivity contribution is 5.88. The van der Waals surface area contributed by atoms with Crippen molar-refractivity contribution in [2.75, 3.05) is 44.3 Å². The zero-order valence-corrected chi connectivity index (χ0v) is 15.5. The van der Waals surface area contributed by atoms with Crippen molar-refractivity contribution in [3.05, 3.63) is 29.8 Å². The van der Waals surface area contributed by atoms with E-state index in [4.69, 9.17) is 4.74 Å². The minimum absolute atomic E-state index is 0.108. The average molecular weight is 373 g/mol. The third kappa shape index (κ3) is 3.80. The van der Waals surface area contributed by atoms with Crippen LogP contribution < -0.4 is 10.2 Å². The molecule has 0 radical (unpaired) electrons. The maximum Gasteiger partial charge on any atom is 0.309 e. The van der Waals surface area contributed by atoms with Gasteiger partial charge in [0.1, 0.15) is 0 Å². The van der Waals surface area contributed by atoms with E-state index in [2.05, 4.69) is 39.4 Å². The van der Waals surface area contributed by atoms with Gasteiger partial charge in [0.15, 0.2) is 0 Å². The van der Waals surface area contributed by atoms with Gasteiger partial charge in [-0.3, -0.25) is 14.5 Å². The van der Waals surface area contributed by atoms with E-state index >= 15 is 0 Å². The first-order chi connectivity index (χ1) is 13.1. The van der Waals surface area contributed by atoms with Crippen LogP contribution in [0.3, 0.4) is 0 Å². The molecule has 1 unspecified atom stereocenters. The molecular formula is C20H27N3O4. The standard InChI is InChI=1S/C20H27N3O4/c24-18-13-17(19(25)26)20(21-18)4-6-22(7-5-20)14-15-2-1-3-16(12-15)23-8-10-27-11-9-23/h1-3,12,17H,4-11,13-14H2,(H,21,24)(H,25,26). The summed E-state index contributed by atoms with van der Waals surface area (Å²) in [6, 6.07) is 8.63. The highest BCUT2D eigenvalue weighted by Gasteiger charge is 2.51. The van der Waals surface area contributed by atoms with Gasteiger partial charge in [0, 0.05) is 44.8 Å². The number of hydrogen-bond acceptors (Lipinski definition) is 5. The van der Waals surface area contributed by atoms with Gasteiger partial charge in [0.2, 0.25) is 5.91 Å². The lowest BCUT2D eigenvalue weighted by Gasteiger charge is -2.41. The van der Waals surface area contributed by atoms with Crippen LogP contribution in [0.1, 0.15) is 24.8 Å². The number of benzene rings is 1. The number of piperidine rings is 1. The number of rotatable bonds is 4. The highest BCUT2D eigenvalue weighted by Crippen LogP contribution is 2.37. The molecule has 3 aliphatic heterocycles. The van der Waals surface area contributed by atoms with Crippen molar-refractivity contribution in [1.29, 1.82) is 0 Å². The van der Waals surface area contributed by atoms with Crippen LogP contribution in [-0.2, 0) is 20.9 Å². The molecule has 2 N–H and O–H groups in total. The van der Waals surface area contributed by atoms with Gasteiger partial charge in [-0.1, -0.05) is 12.1 Å². The van der Waals surface area contributed by atoms with E-state index in [-0.39, 0.29) is 12.3 Å². The molecule has 3 saturated heterocycles. The van der Waals surface area contributed by atoms with Gasteiger partial charge < -0.3 is 20.1 Å². The lowest BCUT2D eigenvalue weighted by atomic mass is 9.77. The van der Waals surface area contributed by atoms with E-state index in [1.165, 1.54) is 11.3 Å². The SMILES string of the molecule is O=C1CC(C(=O)O)C2(CCN(Cc3cccc(N4CCOCC4)c3)CC2)N1. The molecule has 4 rings (SSSR count). The second kappa shape index (κ2) is 7.48.